The summed E-state index contributed by atoms with van der Waals surface area (Å²) in [4.78, 5) is 61.9. The Balaban J connectivity index is -0.000000135. The summed E-state index contributed by atoms with van der Waals surface area (Å²) in [5, 5.41) is 7.76. The van der Waals surface area contributed by atoms with Gasteiger partial charge in [-0.1, -0.05) is 299 Å². The summed E-state index contributed by atoms with van der Waals surface area (Å²) < 4.78 is 4.83. The van der Waals surface area contributed by atoms with E-state index in [0.29, 0.717) is 47.3 Å². The van der Waals surface area contributed by atoms with Gasteiger partial charge < -0.3 is 13.7 Å². The molecule has 10 aromatic rings. The van der Waals surface area contributed by atoms with E-state index in [9.17, 15) is 14.4 Å². The molecule has 0 aliphatic rings. The van der Waals surface area contributed by atoms with E-state index in [1.807, 2.05) is 91.9 Å². The van der Waals surface area contributed by atoms with Crippen molar-refractivity contribution in [2.45, 2.75) is 283 Å². The number of pyridine rings is 4. The molecule has 0 radical (unpaired) electrons. The Morgan fingerprint density at radius 3 is 1.21 bits per heavy atom. The lowest BCUT2D eigenvalue weighted by Crippen LogP contribution is -2.20. The van der Waals surface area contributed by atoms with Crippen molar-refractivity contribution in [2.75, 3.05) is 0 Å². The summed E-state index contributed by atoms with van der Waals surface area (Å²) in [5.41, 5.74) is 11.1. The van der Waals surface area contributed by atoms with E-state index in [0.717, 1.165) is 97.5 Å². The molecule has 0 amide bonds. The van der Waals surface area contributed by atoms with Crippen LogP contribution < -0.4 is 16.7 Å². The van der Waals surface area contributed by atoms with Crippen molar-refractivity contribution in [3.05, 3.63) is 301 Å². The van der Waals surface area contributed by atoms with Crippen LogP contribution in [0.25, 0.3) is 0 Å². The molecule has 8 aromatic heterocycles. The first-order chi connectivity index (χ1) is 50.7. The van der Waals surface area contributed by atoms with Gasteiger partial charge in [-0.15, -0.1) is 0 Å². The molecule has 0 aliphatic carbocycles. The second-order valence-corrected chi connectivity index (χ2v) is 31.4. The third kappa shape index (κ3) is 68.5. The van der Waals surface area contributed by atoms with Gasteiger partial charge in [0.15, 0.2) is 0 Å². The fraction of sp³-hybridized carbons (Fsp3) is 0.529. The number of aryl methyl sites for hydroxylation is 3. The van der Waals surface area contributed by atoms with Crippen LogP contribution >= 0.6 is 0 Å². The van der Waals surface area contributed by atoms with Gasteiger partial charge in [-0.2, -0.15) is 10.2 Å². The Morgan fingerprint density at radius 2 is 0.761 bits per heavy atom. The Bertz CT molecular complexity index is 3590. The minimum atomic E-state index is 0. The van der Waals surface area contributed by atoms with Gasteiger partial charge in [0.2, 0.25) is 5.56 Å². The zero-order valence-electron chi connectivity index (χ0n) is 70.0. The molecule has 0 bridgehead atoms. The van der Waals surface area contributed by atoms with E-state index < -0.39 is 0 Å². The molecule has 662 valence electrons. The summed E-state index contributed by atoms with van der Waals surface area (Å²) in [6, 6.07) is 42.2. The van der Waals surface area contributed by atoms with E-state index in [-0.39, 0.29) is 90.9 Å². The maximum Gasteiger partial charge on any atom is 0.253 e. The van der Waals surface area contributed by atoms with Gasteiger partial charge in [-0.05, 0) is 186 Å². The lowest BCUT2D eigenvalue weighted by molar-refractivity contribution is 0.535. The van der Waals surface area contributed by atoms with Crippen molar-refractivity contribution >= 4 is 0 Å². The quantitative estimate of drug-likeness (QED) is 0.0705. The average Bonchev–Trinajstić information content (AvgIpc) is 0.872. The number of hydrogen-bond acceptors (Lipinski definition) is 12. The maximum atomic E-state index is 11.5. The molecular formula is C102H176N12O3. The fourth-order valence-electron chi connectivity index (χ4n) is 10.3. The standard InChI is InChI=1S/C11H16.3C10H15NO.C10H14.C9H13N.4C8H12N2.10CH4/c1-9(2)10(3)11-7-5-4-6-8-11;1-8(2)6-9-4-5-11(3)10(12)7-9;1-8(2)6-9-4-5-10(12)11(3)7-9;1-8(2)7-9-5-4-6-11(3)10(9)12;1-9(2)8-10-6-4-3-5-7-10;1-8(2)6-9-4-3-5-10-7-9;1-7(2)3-8-4-9-6-10-5-8;1-7(2)5-8-6-9-3-4-10-8;1-7(2)6-8-9-4-3-5-10-8;1-7(2)6-8-4-3-5-9-10-8;;;;;;;;;;/h4-10H,1-3H3;2*4-5,7-8H,6H2,1-3H3;4-6,8H,7H2,1-3H3;3-7,9H,8H2,1-2H3;3-5,7-8H,6H2,1-2H3;4-7H,3H2,1-2H3;3-4,6-7H,5H2,1-2H3;2*3-5,7H,6H2,1-2H3;10*1H4. The smallest absolute Gasteiger partial charge is 0.253 e. The SMILES string of the molecule is C.C.C.C.C.C.C.C.C.C.CC(C)C(C)c1ccccc1.CC(C)Cc1ccc(=O)n(C)c1.CC(C)Cc1ccccc1.CC(C)Cc1cccn(C)c1=O.CC(C)Cc1cccnc1.CC(C)Cc1cccnn1.CC(C)Cc1ccn(C)c(=O)c1.CC(C)Cc1cnccn1.CC(C)Cc1cncnc1.CC(C)Cc1ncccn1. The second kappa shape index (κ2) is 76.7. The van der Waals surface area contributed by atoms with Gasteiger partial charge in [0, 0.05) is 126 Å². The van der Waals surface area contributed by atoms with E-state index in [1.165, 1.54) is 34.2 Å². The van der Waals surface area contributed by atoms with Crippen LogP contribution in [0.4, 0.5) is 0 Å². The summed E-state index contributed by atoms with van der Waals surface area (Å²) in [7, 11) is 5.33. The minimum absolute atomic E-state index is 0. The molecule has 0 aliphatic heterocycles. The third-order valence-corrected chi connectivity index (χ3v) is 15.6. The first kappa shape index (κ1) is 129. The predicted octanol–water partition coefficient (Wildman–Crippen LogP) is 26.4. The highest BCUT2D eigenvalue weighted by molar-refractivity contribution is 5.20. The maximum absolute atomic E-state index is 11.5. The van der Waals surface area contributed by atoms with Gasteiger partial charge in [0.05, 0.1) is 11.4 Å². The Labute approximate surface area is 719 Å². The molecule has 2 aromatic carbocycles. The topological polar surface area (TPSA) is 182 Å². The van der Waals surface area contributed by atoms with Crippen LogP contribution in [-0.2, 0) is 78.9 Å². The minimum Gasteiger partial charge on any atom is -0.319 e. The van der Waals surface area contributed by atoms with Crippen LogP contribution in [0.3, 0.4) is 0 Å². The van der Waals surface area contributed by atoms with Gasteiger partial charge in [0.25, 0.3) is 11.1 Å². The van der Waals surface area contributed by atoms with E-state index in [4.69, 9.17) is 0 Å². The zero-order chi connectivity index (χ0) is 80.1. The van der Waals surface area contributed by atoms with Gasteiger partial charge in [-0.25, -0.2) is 19.9 Å². The van der Waals surface area contributed by atoms with Crippen LogP contribution in [0.15, 0.2) is 229 Å². The summed E-state index contributed by atoms with van der Waals surface area (Å²) in [6.45, 7) is 46.0. The highest BCUT2D eigenvalue weighted by Gasteiger charge is 2.09. The largest absolute Gasteiger partial charge is 0.319 e. The van der Waals surface area contributed by atoms with Gasteiger partial charge in [-0.3, -0.25) is 29.3 Å². The molecule has 15 nitrogen and oxygen atoms in total. The second-order valence-electron chi connectivity index (χ2n) is 31.4. The van der Waals surface area contributed by atoms with Crippen LogP contribution in [-0.4, -0.2) is 58.8 Å². The molecule has 8 heterocycles. The highest BCUT2D eigenvalue weighted by atomic mass is 16.1. The van der Waals surface area contributed by atoms with Crippen molar-refractivity contribution in [3.8, 4) is 0 Å². The molecule has 0 spiro atoms. The lowest BCUT2D eigenvalue weighted by atomic mass is 9.91. The summed E-state index contributed by atoms with van der Waals surface area (Å²) in [5.74, 6) is 8.29. The number of nitrogens with zero attached hydrogens (tertiary/aromatic N) is 12. The Hall–Kier alpha value is -9.24. The van der Waals surface area contributed by atoms with Crippen molar-refractivity contribution in [3.63, 3.8) is 0 Å². The summed E-state index contributed by atoms with van der Waals surface area (Å²) in [6.07, 6.45) is 34.4. The van der Waals surface area contributed by atoms with Crippen molar-refractivity contribution in [2.24, 2.45) is 80.3 Å². The van der Waals surface area contributed by atoms with Crippen molar-refractivity contribution in [1.29, 1.82) is 0 Å². The fourth-order valence-corrected chi connectivity index (χ4v) is 10.3. The number of aromatic nitrogens is 12. The van der Waals surface area contributed by atoms with Gasteiger partial charge in [0.1, 0.15) is 12.2 Å². The lowest BCUT2D eigenvalue weighted by Gasteiger charge is -2.15. The molecule has 0 N–H and O–H groups in total. The number of rotatable bonds is 20. The molecule has 117 heavy (non-hydrogen) atoms. The monoisotopic (exact) mass is 1620 g/mol. The van der Waals surface area contributed by atoms with E-state index in [1.54, 1.807) is 90.5 Å². The average molecular weight is 1620 g/mol. The van der Waals surface area contributed by atoms with E-state index >= 15 is 0 Å². The Morgan fingerprint density at radius 1 is 0.308 bits per heavy atom. The molecular weight excluding hydrogens is 1440 g/mol. The first-order valence-corrected chi connectivity index (χ1v) is 38.7. The van der Waals surface area contributed by atoms with Crippen molar-refractivity contribution < 1.29 is 0 Å². The Kier molecular flexibility index (Phi) is 84.3. The molecule has 10 rings (SSSR count). The number of benzene rings is 2. The normalized spacial score (nSPS) is 9.83. The molecule has 0 fully saturated rings. The van der Waals surface area contributed by atoms with E-state index in [2.05, 4.69) is 257 Å². The van der Waals surface area contributed by atoms with Crippen molar-refractivity contribution in [1.82, 2.24) is 58.8 Å². The van der Waals surface area contributed by atoms with Crippen LogP contribution in [0, 0.1) is 59.2 Å². The first-order valence-electron chi connectivity index (χ1n) is 38.7. The van der Waals surface area contributed by atoms with Crippen LogP contribution in [0.2, 0.25) is 0 Å². The molecule has 0 saturated carbocycles. The molecule has 1 unspecified atom stereocenters. The molecule has 15 heteroatoms. The van der Waals surface area contributed by atoms with Crippen LogP contribution in [0.1, 0.15) is 282 Å². The third-order valence-electron chi connectivity index (χ3n) is 15.6. The van der Waals surface area contributed by atoms with Gasteiger partial charge >= 0.3 is 0 Å². The van der Waals surface area contributed by atoms with Crippen LogP contribution in [0.5, 0.6) is 0 Å². The molecule has 1 atom stereocenters. The number of hydrogen-bond donors (Lipinski definition) is 0. The zero-order valence-corrected chi connectivity index (χ0v) is 70.0. The summed E-state index contributed by atoms with van der Waals surface area (Å²) >= 11 is 0. The predicted molar refractivity (Wildman–Crippen MR) is 518 cm³/mol. The molecule has 0 saturated heterocycles. The highest BCUT2D eigenvalue weighted by Crippen LogP contribution is 2.23.